The van der Waals surface area contributed by atoms with E-state index in [4.69, 9.17) is 9.47 Å². The molecule has 1 aromatic carbocycles. The summed E-state index contributed by atoms with van der Waals surface area (Å²) in [7, 11) is 3.49. The Labute approximate surface area is 175 Å². The van der Waals surface area contributed by atoms with Crippen molar-refractivity contribution in [1.29, 1.82) is 0 Å². The molecular weight excluding hydrogens is 443 g/mol. The molecule has 0 aliphatic heterocycles. The smallest absolute Gasteiger partial charge is 0.191 e. The molecule has 0 radical (unpaired) electrons. The quantitative estimate of drug-likeness (QED) is 0.210. The number of nitrogens with zero attached hydrogens (tertiary/aromatic N) is 2. The molecule has 2 N–H and O–H groups in total. The third kappa shape index (κ3) is 10.8. The summed E-state index contributed by atoms with van der Waals surface area (Å²) in [6.45, 7) is 10.5. The Morgan fingerprint density at radius 3 is 2.35 bits per heavy atom. The molecule has 1 aromatic rings. The van der Waals surface area contributed by atoms with E-state index in [0.29, 0.717) is 0 Å². The zero-order chi connectivity index (χ0) is 18.3. The van der Waals surface area contributed by atoms with Crippen molar-refractivity contribution in [2.75, 3.05) is 53.6 Å². The van der Waals surface area contributed by atoms with Crippen molar-refractivity contribution in [2.45, 2.75) is 26.8 Å². The zero-order valence-corrected chi connectivity index (χ0v) is 18.9. The summed E-state index contributed by atoms with van der Waals surface area (Å²) in [6, 6.07) is 8.21. The standard InChI is InChI=1S/C19H34N4O2.HI/c1-5-23(6-2)13-15-25-18-10-8-17(9-11-18)16-22-19(20-3)21-12-7-14-24-4;/h8-11H,5-7,12-16H2,1-4H3,(H2,20,21,22);1H. The van der Waals surface area contributed by atoms with E-state index in [0.717, 1.165) is 64.1 Å². The minimum absolute atomic E-state index is 0. The number of nitrogens with one attached hydrogen (secondary N) is 2. The Bertz CT molecular complexity index is 479. The molecule has 0 saturated heterocycles. The topological polar surface area (TPSA) is 58.1 Å². The van der Waals surface area contributed by atoms with E-state index in [1.54, 1.807) is 14.2 Å². The molecule has 0 aromatic heterocycles. The lowest BCUT2D eigenvalue weighted by Gasteiger charge is -2.18. The average molecular weight is 478 g/mol. The van der Waals surface area contributed by atoms with Crippen LogP contribution in [-0.4, -0.2) is 64.4 Å². The Hall–Kier alpha value is -1.06. The highest BCUT2D eigenvalue weighted by molar-refractivity contribution is 14.0. The van der Waals surface area contributed by atoms with E-state index < -0.39 is 0 Å². The first-order valence-corrected chi connectivity index (χ1v) is 9.11. The lowest BCUT2D eigenvalue weighted by Crippen LogP contribution is -2.37. The number of methoxy groups -OCH3 is 1. The number of guanidine groups is 1. The van der Waals surface area contributed by atoms with Gasteiger partial charge >= 0.3 is 0 Å². The molecule has 0 aliphatic carbocycles. The van der Waals surface area contributed by atoms with Gasteiger partial charge in [0.1, 0.15) is 12.4 Å². The van der Waals surface area contributed by atoms with Crippen LogP contribution in [0, 0.1) is 0 Å². The molecule has 0 bridgehead atoms. The number of hydrogen-bond donors (Lipinski definition) is 2. The van der Waals surface area contributed by atoms with Crippen molar-refractivity contribution in [3.8, 4) is 5.75 Å². The molecule has 150 valence electrons. The van der Waals surface area contributed by atoms with Crippen molar-refractivity contribution in [1.82, 2.24) is 15.5 Å². The maximum absolute atomic E-state index is 5.81. The van der Waals surface area contributed by atoms with E-state index >= 15 is 0 Å². The Morgan fingerprint density at radius 1 is 1.08 bits per heavy atom. The Kier molecular flexibility index (Phi) is 15.5. The van der Waals surface area contributed by atoms with E-state index in [1.165, 1.54) is 5.56 Å². The first kappa shape index (κ1) is 24.9. The van der Waals surface area contributed by atoms with Gasteiger partial charge in [-0.1, -0.05) is 26.0 Å². The van der Waals surface area contributed by atoms with Gasteiger partial charge in [-0.15, -0.1) is 24.0 Å². The fourth-order valence-corrected chi connectivity index (χ4v) is 2.37. The summed E-state index contributed by atoms with van der Waals surface area (Å²) in [6.07, 6.45) is 0.955. The number of hydrogen-bond acceptors (Lipinski definition) is 4. The van der Waals surface area contributed by atoms with Gasteiger partial charge in [-0.25, -0.2) is 0 Å². The summed E-state index contributed by atoms with van der Waals surface area (Å²) in [5, 5.41) is 6.57. The van der Waals surface area contributed by atoms with Crippen LogP contribution in [0.3, 0.4) is 0 Å². The largest absolute Gasteiger partial charge is 0.492 e. The van der Waals surface area contributed by atoms with Gasteiger partial charge in [0.2, 0.25) is 0 Å². The molecule has 26 heavy (non-hydrogen) atoms. The molecule has 6 nitrogen and oxygen atoms in total. The second-order valence-corrected chi connectivity index (χ2v) is 5.72. The minimum atomic E-state index is 0. The van der Waals surface area contributed by atoms with Crippen molar-refractivity contribution in [3.63, 3.8) is 0 Å². The van der Waals surface area contributed by atoms with E-state index in [9.17, 15) is 0 Å². The minimum Gasteiger partial charge on any atom is -0.492 e. The average Bonchev–Trinajstić information content (AvgIpc) is 2.66. The van der Waals surface area contributed by atoms with Gasteiger partial charge < -0.3 is 25.0 Å². The van der Waals surface area contributed by atoms with Crippen molar-refractivity contribution < 1.29 is 9.47 Å². The fourth-order valence-electron chi connectivity index (χ4n) is 2.37. The van der Waals surface area contributed by atoms with Crippen molar-refractivity contribution >= 4 is 29.9 Å². The summed E-state index contributed by atoms with van der Waals surface area (Å²) in [5.74, 6) is 1.72. The molecule has 0 amide bonds. The fraction of sp³-hybridized carbons (Fsp3) is 0.632. The molecule has 0 atom stereocenters. The van der Waals surface area contributed by atoms with Gasteiger partial charge in [0.25, 0.3) is 0 Å². The van der Waals surface area contributed by atoms with Gasteiger partial charge in [-0.2, -0.15) is 0 Å². The van der Waals surface area contributed by atoms with E-state index in [2.05, 4.69) is 46.5 Å². The van der Waals surface area contributed by atoms with Gasteiger partial charge in [-0.3, -0.25) is 4.99 Å². The zero-order valence-electron chi connectivity index (χ0n) is 16.6. The highest BCUT2D eigenvalue weighted by Crippen LogP contribution is 2.12. The summed E-state index contributed by atoms with van der Waals surface area (Å²) >= 11 is 0. The predicted molar refractivity (Wildman–Crippen MR) is 120 cm³/mol. The molecular formula is C19H35IN4O2. The normalized spacial score (nSPS) is 11.2. The lowest BCUT2D eigenvalue weighted by atomic mass is 10.2. The SMILES string of the molecule is CCN(CC)CCOc1ccc(CNC(=NC)NCCCOC)cc1.I. The highest BCUT2D eigenvalue weighted by Gasteiger charge is 2.01. The first-order chi connectivity index (χ1) is 12.2. The van der Waals surface area contributed by atoms with Gasteiger partial charge in [0, 0.05) is 40.4 Å². The number of aliphatic imine (C=N–C) groups is 1. The summed E-state index contributed by atoms with van der Waals surface area (Å²) < 4.78 is 10.8. The molecule has 0 fully saturated rings. The second-order valence-electron chi connectivity index (χ2n) is 5.72. The number of benzene rings is 1. The molecule has 0 unspecified atom stereocenters. The first-order valence-electron chi connectivity index (χ1n) is 9.11. The van der Waals surface area contributed by atoms with Crippen LogP contribution >= 0.6 is 24.0 Å². The van der Waals surface area contributed by atoms with Crippen LogP contribution in [0.4, 0.5) is 0 Å². The van der Waals surface area contributed by atoms with Crippen LogP contribution in [-0.2, 0) is 11.3 Å². The predicted octanol–water partition coefficient (Wildman–Crippen LogP) is 2.73. The van der Waals surface area contributed by atoms with Crippen LogP contribution in [0.5, 0.6) is 5.75 Å². The maximum atomic E-state index is 5.81. The Balaban J connectivity index is 0.00000625. The van der Waals surface area contributed by atoms with Crippen molar-refractivity contribution in [3.05, 3.63) is 29.8 Å². The van der Waals surface area contributed by atoms with E-state index in [1.807, 2.05) is 12.1 Å². The molecule has 0 heterocycles. The lowest BCUT2D eigenvalue weighted by molar-refractivity contribution is 0.195. The van der Waals surface area contributed by atoms with Crippen LogP contribution in [0.2, 0.25) is 0 Å². The molecule has 1 rings (SSSR count). The molecule has 0 aliphatic rings. The van der Waals surface area contributed by atoms with Gasteiger partial charge in [0.05, 0.1) is 0 Å². The number of ether oxygens (including phenoxy) is 2. The number of halogens is 1. The van der Waals surface area contributed by atoms with Crippen LogP contribution in [0.25, 0.3) is 0 Å². The molecule has 0 saturated carbocycles. The highest BCUT2D eigenvalue weighted by atomic mass is 127. The number of rotatable bonds is 12. The van der Waals surface area contributed by atoms with Gasteiger partial charge in [-0.05, 0) is 37.2 Å². The second kappa shape index (κ2) is 16.1. The van der Waals surface area contributed by atoms with Crippen LogP contribution in [0.15, 0.2) is 29.3 Å². The third-order valence-corrected chi connectivity index (χ3v) is 4.00. The van der Waals surface area contributed by atoms with Crippen LogP contribution < -0.4 is 15.4 Å². The monoisotopic (exact) mass is 478 g/mol. The summed E-state index contributed by atoms with van der Waals surface area (Å²) in [4.78, 5) is 6.57. The summed E-state index contributed by atoms with van der Waals surface area (Å²) in [5.41, 5.74) is 1.19. The third-order valence-electron chi connectivity index (χ3n) is 4.00. The Morgan fingerprint density at radius 2 is 1.77 bits per heavy atom. The van der Waals surface area contributed by atoms with Crippen LogP contribution in [0.1, 0.15) is 25.8 Å². The van der Waals surface area contributed by atoms with Crippen molar-refractivity contribution in [2.24, 2.45) is 4.99 Å². The van der Waals surface area contributed by atoms with Gasteiger partial charge in [0.15, 0.2) is 5.96 Å². The number of likely N-dealkylation sites (N-methyl/N-ethyl adjacent to an activating group) is 1. The maximum Gasteiger partial charge on any atom is 0.191 e. The van der Waals surface area contributed by atoms with E-state index in [-0.39, 0.29) is 24.0 Å². The molecule has 0 spiro atoms. The molecule has 7 heteroatoms.